The number of thiazole rings is 1. The molecule has 3 rings (SSSR count). The first-order valence-electron chi connectivity index (χ1n) is 8.61. The number of carbonyl (C=O) groups is 1. The molecule has 3 heterocycles. The van der Waals surface area contributed by atoms with Crippen molar-refractivity contribution in [2.75, 3.05) is 26.2 Å². The lowest BCUT2D eigenvalue weighted by Crippen LogP contribution is -2.41. The van der Waals surface area contributed by atoms with Gasteiger partial charge in [-0.3, -0.25) is 14.6 Å². The minimum absolute atomic E-state index is 0.215. The molecule has 23 heavy (non-hydrogen) atoms. The van der Waals surface area contributed by atoms with Gasteiger partial charge in [0.2, 0.25) is 0 Å². The summed E-state index contributed by atoms with van der Waals surface area (Å²) in [5.74, 6) is -0.643. The molecule has 2 aliphatic heterocycles. The monoisotopic (exact) mass is 337 g/mol. The van der Waals surface area contributed by atoms with E-state index in [1.165, 1.54) is 5.69 Å². The molecule has 0 radical (unpaired) electrons. The van der Waals surface area contributed by atoms with Crippen molar-refractivity contribution in [1.29, 1.82) is 0 Å². The molecule has 1 atom stereocenters. The maximum absolute atomic E-state index is 11.6. The predicted molar refractivity (Wildman–Crippen MR) is 91.7 cm³/mol. The predicted octanol–water partition coefficient (Wildman–Crippen LogP) is 2.60. The second-order valence-corrected chi connectivity index (χ2v) is 8.22. The Morgan fingerprint density at radius 1 is 1.48 bits per heavy atom. The molecule has 5 nitrogen and oxygen atoms in total. The van der Waals surface area contributed by atoms with E-state index in [1.54, 1.807) is 11.3 Å². The molecule has 2 aliphatic rings. The average molecular weight is 337 g/mol. The number of aliphatic carboxylic acids is 1. The third-order valence-corrected chi connectivity index (χ3v) is 6.19. The van der Waals surface area contributed by atoms with Crippen molar-refractivity contribution in [3.63, 3.8) is 0 Å². The first-order chi connectivity index (χ1) is 11.0. The molecule has 6 heteroatoms. The number of rotatable bonds is 5. The minimum atomic E-state index is -0.643. The number of carboxylic acid groups (broad SMARTS) is 1. The van der Waals surface area contributed by atoms with Gasteiger partial charge in [-0.25, -0.2) is 4.98 Å². The van der Waals surface area contributed by atoms with Gasteiger partial charge in [0.25, 0.3) is 0 Å². The zero-order valence-electron chi connectivity index (χ0n) is 14.1. The van der Waals surface area contributed by atoms with Gasteiger partial charge in [-0.05, 0) is 57.7 Å². The zero-order chi connectivity index (χ0) is 16.4. The lowest BCUT2D eigenvalue weighted by Gasteiger charge is -2.39. The van der Waals surface area contributed by atoms with Crippen LogP contribution in [-0.4, -0.2) is 58.1 Å². The number of aryl methyl sites for hydroxylation is 1. The second kappa shape index (κ2) is 6.87. The lowest BCUT2D eigenvalue weighted by atomic mass is 9.76. The summed E-state index contributed by atoms with van der Waals surface area (Å²) in [4.78, 5) is 20.8. The molecule has 1 N–H and O–H groups in total. The SMILES string of the molecule is CCCN1CC2(CCN(Cc3csc(C)n3)CC2)C[C@@H]1C(=O)O. The van der Waals surface area contributed by atoms with Crippen molar-refractivity contribution in [3.05, 3.63) is 16.1 Å². The quantitative estimate of drug-likeness (QED) is 0.895. The van der Waals surface area contributed by atoms with Crippen LogP contribution in [0.15, 0.2) is 5.38 Å². The van der Waals surface area contributed by atoms with E-state index >= 15 is 0 Å². The van der Waals surface area contributed by atoms with E-state index in [1.807, 2.05) is 6.92 Å². The molecule has 1 aromatic rings. The summed E-state index contributed by atoms with van der Waals surface area (Å²) in [6, 6.07) is -0.275. The van der Waals surface area contributed by atoms with Crippen molar-refractivity contribution in [3.8, 4) is 0 Å². The van der Waals surface area contributed by atoms with E-state index in [4.69, 9.17) is 0 Å². The van der Waals surface area contributed by atoms with E-state index in [0.717, 1.165) is 63.4 Å². The summed E-state index contributed by atoms with van der Waals surface area (Å²) in [5, 5.41) is 12.8. The Hall–Kier alpha value is -0.980. The summed E-state index contributed by atoms with van der Waals surface area (Å²) in [6.45, 7) is 9.09. The summed E-state index contributed by atoms with van der Waals surface area (Å²) >= 11 is 1.71. The summed E-state index contributed by atoms with van der Waals surface area (Å²) in [5.41, 5.74) is 1.39. The van der Waals surface area contributed by atoms with Crippen molar-refractivity contribution >= 4 is 17.3 Å². The van der Waals surface area contributed by atoms with Gasteiger partial charge in [0.05, 0.1) is 10.7 Å². The molecule has 1 aromatic heterocycles. The Labute approximate surface area is 142 Å². The van der Waals surface area contributed by atoms with Gasteiger partial charge >= 0.3 is 5.97 Å². The molecule has 1 spiro atoms. The van der Waals surface area contributed by atoms with Crippen LogP contribution in [0.5, 0.6) is 0 Å². The van der Waals surface area contributed by atoms with Gasteiger partial charge in [-0.1, -0.05) is 6.92 Å². The highest BCUT2D eigenvalue weighted by Gasteiger charge is 2.47. The van der Waals surface area contributed by atoms with Gasteiger partial charge < -0.3 is 5.11 Å². The highest BCUT2D eigenvalue weighted by Crippen LogP contribution is 2.43. The van der Waals surface area contributed by atoms with Crippen molar-refractivity contribution in [2.24, 2.45) is 5.41 Å². The van der Waals surface area contributed by atoms with E-state index in [-0.39, 0.29) is 11.5 Å². The van der Waals surface area contributed by atoms with Gasteiger partial charge in [0, 0.05) is 18.5 Å². The molecule has 0 unspecified atom stereocenters. The molecular weight excluding hydrogens is 310 g/mol. The third-order valence-electron chi connectivity index (χ3n) is 5.37. The highest BCUT2D eigenvalue weighted by molar-refractivity contribution is 7.09. The van der Waals surface area contributed by atoms with Gasteiger partial charge in [0.15, 0.2) is 0 Å². The maximum Gasteiger partial charge on any atom is 0.320 e. The maximum atomic E-state index is 11.6. The van der Waals surface area contributed by atoms with E-state index in [0.29, 0.717) is 0 Å². The van der Waals surface area contributed by atoms with Gasteiger partial charge in [-0.15, -0.1) is 11.3 Å². The number of piperidine rings is 1. The number of nitrogens with zero attached hydrogens (tertiary/aromatic N) is 3. The normalized spacial score (nSPS) is 25.2. The Kier molecular flexibility index (Phi) is 5.04. The van der Waals surface area contributed by atoms with Crippen LogP contribution in [0.2, 0.25) is 0 Å². The Balaban J connectivity index is 1.58. The second-order valence-electron chi connectivity index (χ2n) is 7.16. The first kappa shape index (κ1) is 16.9. The Bertz CT molecular complexity index is 552. The topological polar surface area (TPSA) is 56.7 Å². The van der Waals surface area contributed by atoms with Crippen LogP contribution in [0.1, 0.15) is 43.3 Å². The Morgan fingerprint density at radius 2 is 2.22 bits per heavy atom. The van der Waals surface area contributed by atoms with Crippen molar-refractivity contribution < 1.29 is 9.90 Å². The van der Waals surface area contributed by atoms with Crippen LogP contribution in [0.4, 0.5) is 0 Å². The molecule has 0 amide bonds. The molecule has 0 aliphatic carbocycles. The largest absolute Gasteiger partial charge is 0.480 e. The van der Waals surface area contributed by atoms with Crippen molar-refractivity contribution in [2.45, 2.75) is 52.1 Å². The Morgan fingerprint density at radius 3 is 2.78 bits per heavy atom. The fraction of sp³-hybridized carbons (Fsp3) is 0.765. The van der Waals surface area contributed by atoms with Crippen LogP contribution in [0, 0.1) is 12.3 Å². The van der Waals surface area contributed by atoms with Gasteiger partial charge in [0.1, 0.15) is 6.04 Å². The first-order valence-corrected chi connectivity index (χ1v) is 9.49. The fourth-order valence-electron chi connectivity index (χ4n) is 4.17. The lowest BCUT2D eigenvalue weighted by molar-refractivity contribution is -0.142. The van der Waals surface area contributed by atoms with E-state index in [2.05, 4.69) is 27.1 Å². The molecule has 2 saturated heterocycles. The van der Waals surface area contributed by atoms with Crippen LogP contribution in [-0.2, 0) is 11.3 Å². The smallest absolute Gasteiger partial charge is 0.320 e. The third kappa shape index (κ3) is 3.75. The van der Waals surface area contributed by atoms with E-state index < -0.39 is 5.97 Å². The van der Waals surface area contributed by atoms with E-state index in [9.17, 15) is 9.90 Å². The molecule has 128 valence electrons. The number of hydrogen-bond donors (Lipinski definition) is 1. The molecule has 2 fully saturated rings. The zero-order valence-corrected chi connectivity index (χ0v) is 14.9. The standard InChI is InChI=1S/C17H27N3O2S/c1-3-6-20-12-17(9-15(20)16(21)22)4-7-19(8-5-17)10-14-11-23-13(2)18-14/h11,15H,3-10,12H2,1-2H3,(H,21,22)/t15-/m1/s1. The van der Waals surface area contributed by atoms with Crippen molar-refractivity contribution in [1.82, 2.24) is 14.8 Å². The van der Waals surface area contributed by atoms with Gasteiger partial charge in [-0.2, -0.15) is 0 Å². The highest BCUT2D eigenvalue weighted by atomic mass is 32.1. The summed E-state index contributed by atoms with van der Waals surface area (Å²) < 4.78 is 0. The molecular formula is C17H27N3O2S. The fourth-order valence-corrected chi connectivity index (χ4v) is 4.77. The number of likely N-dealkylation sites (tertiary alicyclic amines) is 2. The van der Waals surface area contributed by atoms with Crippen LogP contribution in [0.3, 0.4) is 0 Å². The number of aromatic nitrogens is 1. The van der Waals surface area contributed by atoms with Crippen LogP contribution >= 0.6 is 11.3 Å². The summed E-state index contributed by atoms with van der Waals surface area (Å²) in [6.07, 6.45) is 4.07. The molecule has 0 saturated carbocycles. The molecule has 0 aromatic carbocycles. The van der Waals surface area contributed by atoms with Crippen LogP contribution < -0.4 is 0 Å². The number of hydrogen-bond acceptors (Lipinski definition) is 5. The number of carboxylic acids is 1. The van der Waals surface area contributed by atoms with Crippen LogP contribution in [0.25, 0.3) is 0 Å². The summed E-state index contributed by atoms with van der Waals surface area (Å²) in [7, 11) is 0. The molecule has 0 bridgehead atoms. The minimum Gasteiger partial charge on any atom is -0.480 e. The average Bonchev–Trinajstić information content (AvgIpc) is 3.07.